The van der Waals surface area contributed by atoms with E-state index in [1.54, 1.807) is 50.2 Å². The molecule has 6 rings (SSSR count). The summed E-state index contributed by atoms with van der Waals surface area (Å²) in [6.45, 7) is 13.7. The fourth-order valence-corrected chi connectivity index (χ4v) is 10.3. The molecule has 11 heteroatoms. The minimum atomic E-state index is -0.810. The number of hydrogen-bond donors (Lipinski definition) is 4. The van der Waals surface area contributed by atoms with Crippen molar-refractivity contribution in [2.75, 3.05) is 65.4 Å². The Kier molecular flexibility index (Phi) is 17.8. The average Bonchev–Trinajstić information content (AvgIpc) is 3.29. The molecule has 0 amide bonds. The molecule has 0 unspecified atom stereocenters. The van der Waals surface area contributed by atoms with Gasteiger partial charge in [0.05, 0.1) is 0 Å². The van der Waals surface area contributed by atoms with E-state index in [-0.39, 0.29) is 28.8 Å². The number of hydrogen-bond acceptors (Lipinski definition) is 9. The highest BCUT2D eigenvalue weighted by Crippen LogP contribution is 2.48. The summed E-state index contributed by atoms with van der Waals surface area (Å²) in [4.78, 5) is 50.6. The summed E-state index contributed by atoms with van der Waals surface area (Å²) in [5.74, 6) is -6.26. The molecule has 0 bridgehead atoms. The lowest BCUT2D eigenvalue weighted by atomic mass is 9.62. The molecule has 2 fully saturated rings. The first-order valence-electron chi connectivity index (χ1n) is 23.5. The third-order valence-electron chi connectivity index (χ3n) is 13.6. The molecule has 2 heterocycles. The summed E-state index contributed by atoms with van der Waals surface area (Å²) < 4.78 is 31.5. The zero-order valence-corrected chi connectivity index (χ0v) is 38.1. The van der Waals surface area contributed by atoms with Crippen molar-refractivity contribution in [3.63, 3.8) is 0 Å². The Labute approximate surface area is 378 Å². The highest BCUT2D eigenvalue weighted by Gasteiger charge is 2.51. The number of carbonyl (C=O) groups is 3. The average molecular weight is 879 g/mol. The Morgan fingerprint density at radius 1 is 0.562 bits per heavy atom. The van der Waals surface area contributed by atoms with Gasteiger partial charge in [-0.15, -0.1) is 0 Å². The maximum Gasteiger partial charge on any atom is 0.167 e. The van der Waals surface area contributed by atoms with Crippen LogP contribution >= 0.6 is 0 Å². The Morgan fingerprint density at radius 2 is 0.953 bits per heavy atom. The number of carbonyl (C=O) groups excluding carboxylic acids is 3. The Morgan fingerprint density at radius 3 is 1.34 bits per heavy atom. The maximum absolute atomic E-state index is 16.3. The van der Waals surface area contributed by atoms with Crippen LogP contribution in [0.4, 0.5) is 8.78 Å². The van der Waals surface area contributed by atoms with E-state index >= 15 is 13.6 Å². The number of Topliss-reactive ketones (excluding diaryl/α,β-unsaturated/α-hetero) is 3. The van der Waals surface area contributed by atoms with Gasteiger partial charge in [-0.05, 0) is 150 Å². The molecular weight excluding hydrogens is 811 g/mol. The van der Waals surface area contributed by atoms with Crippen LogP contribution in [0.2, 0.25) is 0 Å². The van der Waals surface area contributed by atoms with Crippen LogP contribution in [0.5, 0.6) is 11.5 Å². The molecule has 2 aliphatic rings. The molecule has 9 nitrogen and oxygen atoms in total. The van der Waals surface area contributed by atoms with Gasteiger partial charge < -0.3 is 30.6 Å². The molecule has 0 saturated carbocycles. The van der Waals surface area contributed by atoms with Gasteiger partial charge >= 0.3 is 0 Å². The number of nitrogens with one attached hydrogen (secondary N) is 2. The zero-order valence-electron chi connectivity index (χ0n) is 38.1. The summed E-state index contributed by atoms with van der Waals surface area (Å²) in [5.41, 5.74) is 2.51. The Balaban J connectivity index is 1.49. The van der Waals surface area contributed by atoms with Crippen LogP contribution in [-0.2, 0) is 4.79 Å². The molecule has 2 saturated heterocycles. The number of rotatable bonds is 22. The third kappa shape index (κ3) is 11.9. The maximum atomic E-state index is 16.3. The van der Waals surface area contributed by atoms with Crippen LogP contribution in [-0.4, -0.2) is 103 Å². The second kappa shape index (κ2) is 23.4. The summed E-state index contributed by atoms with van der Waals surface area (Å²) in [5, 5.41) is 28.0. The highest BCUT2D eigenvalue weighted by molar-refractivity contribution is 6.01. The topological polar surface area (TPSA) is 122 Å². The molecule has 4 aromatic carbocycles. The van der Waals surface area contributed by atoms with Gasteiger partial charge in [0.2, 0.25) is 0 Å². The molecule has 6 atom stereocenters. The summed E-state index contributed by atoms with van der Waals surface area (Å²) in [6.07, 6.45) is 5.51. The van der Waals surface area contributed by atoms with E-state index in [2.05, 4.69) is 34.3 Å². The van der Waals surface area contributed by atoms with Gasteiger partial charge in [-0.1, -0.05) is 62.4 Å². The zero-order chi connectivity index (χ0) is 45.8. The molecule has 2 aliphatic heterocycles. The predicted molar refractivity (Wildman–Crippen MR) is 249 cm³/mol. The minimum absolute atomic E-state index is 0.0524. The summed E-state index contributed by atoms with van der Waals surface area (Å²) in [6, 6.07) is 22.2. The second-order valence-corrected chi connectivity index (χ2v) is 18.1. The third-order valence-corrected chi connectivity index (χ3v) is 13.6. The summed E-state index contributed by atoms with van der Waals surface area (Å²) in [7, 11) is 0. The van der Waals surface area contributed by atoms with Crippen LogP contribution in [0, 0.1) is 49.2 Å². The van der Waals surface area contributed by atoms with Crippen molar-refractivity contribution in [3.05, 3.63) is 130 Å². The van der Waals surface area contributed by atoms with Crippen molar-refractivity contribution in [2.45, 2.75) is 78.1 Å². The van der Waals surface area contributed by atoms with Gasteiger partial charge in [0.15, 0.2) is 11.6 Å². The van der Waals surface area contributed by atoms with Gasteiger partial charge in [0.25, 0.3) is 0 Å². The van der Waals surface area contributed by atoms with Crippen LogP contribution in [0.25, 0.3) is 0 Å². The smallest absolute Gasteiger partial charge is 0.167 e. The number of ketones is 3. The fourth-order valence-electron chi connectivity index (χ4n) is 10.3. The normalized spacial score (nSPS) is 21.8. The van der Waals surface area contributed by atoms with E-state index in [4.69, 9.17) is 0 Å². The molecule has 0 spiro atoms. The number of halogens is 2. The SMILES string of the molecule is CCCNCCCCN1C[C@H](C(=O)c2cccc(O)c2)[C@H](c2cccc(F)c2C)[C@H](C(=O)[C@@H]2CN(CCCCNCCC)C[C@H](C(=O)c3cccc(O)c3)[C@@H]2c2cccc(F)c2C)C1. The van der Waals surface area contributed by atoms with Crippen molar-refractivity contribution in [2.24, 2.45) is 23.7 Å². The van der Waals surface area contributed by atoms with Gasteiger partial charge in [-0.2, -0.15) is 0 Å². The van der Waals surface area contributed by atoms with E-state index in [1.165, 1.54) is 36.4 Å². The van der Waals surface area contributed by atoms with Crippen molar-refractivity contribution in [3.8, 4) is 11.5 Å². The number of unbranched alkanes of at least 4 members (excludes halogenated alkanes) is 2. The number of benzene rings is 4. The molecule has 4 N–H and O–H groups in total. The van der Waals surface area contributed by atoms with Crippen LogP contribution in [0.3, 0.4) is 0 Å². The van der Waals surface area contributed by atoms with E-state index < -0.39 is 47.1 Å². The summed E-state index contributed by atoms with van der Waals surface area (Å²) >= 11 is 0. The number of aromatic hydroxyl groups is 2. The molecule has 64 heavy (non-hydrogen) atoms. The predicted octanol–water partition coefficient (Wildman–Crippen LogP) is 8.85. The highest BCUT2D eigenvalue weighted by atomic mass is 19.1. The first-order chi connectivity index (χ1) is 30.9. The number of piperidine rings is 2. The van der Waals surface area contributed by atoms with E-state index in [0.29, 0.717) is 72.6 Å². The lowest BCUT2D eigenvalue weighted by Crippen LogP contribution is -2.56. The second-order valence-electron chi connectivity index (χ2n) is 18.1. The number of phenolic OH excluding ortho intramolecular Hbond substituents is 2. The quantitative estimate of drug-likeness (QED) is 0.0453. The molecule has 344 valence electrons. The standard InChI is InChI=1S/C53H68F2N4O5/c1-5-23-56-25-7-9-27-58-31-43(51(62)37-15-11-17-39(60)29-37)49(41-19-13-21-47(54)35(41)3)45(33-58)53(64)46-34-59(28-10-8-26-57-24-6-2)32-44(52(63)38-16-12-18-40(61)30-38)50(46)42-20-14-22-48(55)36(42)4/h11-22,29-30,43-46,49-50,56-57,60-61H,5-10,23-28,31-34H2,1-4H3/t43-,44-,45+,46+,49-,50-/m0/s1. The van der Waals surface area contributed by atoms with Crippen molar-refractivity contribution in [1.29, 1.82) is 0 Å². The Hall–Kier alpha value is -4.81. The van der Waals surface area contributed by atoms with Crippen molar-refractivity contribution < 1.29 is 33.4 Å². The van der Waals surface area contributed by atoms with E-state index in [0.717, 1.165) is 64.7 Å². The van der Waals surface area contributed by atoms with Gasteiger partial charge in [0.1, 0.15) is 28.9 Å². The number of phenols is 2. The van der Waals surface area contributed by atoms with Crippen LogP contribution < -0.4 is 10.6 Å². The number of nitrogens with zero attached hydrogens (tertiary/aromatic N) is 2. The molecule has 0 aliphatic carbocycles. The monoisotopic (exact) mass is 879 g/mol. The minimum Gasteiger partial charge on any atom is -0.508 e. The largest absolute Gasteiger partial charge is 0.508 e. The van der Waals surface area contributed by atoms with Crippen LogP contribution in [0.15, 0.2) is 84.9 Å². The van der Waals surface area contributed by atoms with Crippen LogP contribution in [0.1, 0.15) is 107 Å². The molecular formula is C53H68F2N4O5. The first-order valence-corrected chi connectivity index (χ1v) is 23.5. The molecule has 0 aromatic heterocycles. The van der Waals surface area contributed by atoms with Gasteiger partial charge in [-0.25, -0.2) is 8.78 Å². The van der Waals surface area contributed by atoms with Crippen molar-refractivity contribution in [1.82, 2.24) is 20.4 Å². The van der Waals surface area contributed by atoms with E-state index in [1.807, 2.05) is 12.1 Å². The van der Waals surface area contributed by atoms with Gasteiger partial charge in [-0.3, -0.25) is 14.4 Å². The first kappa shape index (κ1) is 48.6. The molecule has 4 aromatic rings. The lowest BCUT2D eigenvalue weighted by Gasteiger charge is -2.48. The lowest BCUT2D eigenvalue weighted by molar-refractivity contribution is -0.133. The number of likely N-dealkylation sites (tertiary alicyclic amines) is 2. The molecule has 0 radical (unpaired) electrons. The van der Waals surface area contributed by atoms with Gasteiger partial charge in [0, 0.05) is 72.8 Å². The Bertz CT molecular complexity index is 2050. The van der Waals surface area contributed by atoms with Crippen molar-refractivity contribution >= 4 is 17.3 Å². The fraction of sp³-hybridized carbons (Fsp3) is 0.491. The van der Waals surface area contributed by atoms with E-state index in [9.17, 15) is 19.8 Å².